The molecular formula is C11H13ClO. The van der Waals surface area contributed by atoms with Crippen molar-refractivity contribution in [3.63, 3.8) is 0 Å². The lowest BCUT2D eigenvalue weighted by molar-refractivity contribution is -0.108. The van der Waals surface area contributed by atoms with Gasteiger partial charge in [0.1, 0.15) is 6.29 Å². The molecule has 1 rings (SSSR count). The third kappa shape index (κ3) is 2.56. The first kappa shape index (κ1) is 10.3. The Morgan fingerprint density at radius 1 is 1.31 bits per heavy atom. The zero-order chi connectivity index (χ0) is 9.90. The van der Waals surface area contributed by atoms with Gasteiger partial charge in [-0.15, -0.1) is 0 Å². The maximum absolute atomic E-state index is 10.4. The summed E-state index contributed by atoms with van der Waals surface area (Å²) in [6.07, 6.45) is 1.49. The molecule has 0 radical (unpaired) electrons. The van der Waals surface area contributed by atoms with E-state index < -0.39 is 0 Å². The van der Waals surface area contributed by atoms with Crippen LogP contribution in [0.2, 0.25) is 5.02 Å². The molecular weight excluding hydrogens is 184 g/mol. The Bertz CT molecular complexity index is 287. The van der Waals surface area contributed by atoms with Crippen LogP contribution in [0.25, 0.3) is 0 Å². The first-order chi connectivity index (χ1) is 6.06. The lowest BCUT2D eigenvalue weighted by atomic mass is 9.82. The number of hydrogen-bond acceptors (Lipinski definition) is 1. The summed E-state index contributed by atoms with van der Waals surface area (Å²) in [7, 11) is 0. The number of benzene rings is 1. The summed E-state index contributed by atoms with van der Waals surface area (Å²) in [5, 5.41) is 0.727. The van der Waals surface area contributed by atoms with E-state index in [9.17, 15) is 4.79 Å². The highest BCUT2D eigenvalue weighted by molar-refractivity contribution is 6.30. The summed E-state index contributed by atoms with van der Waals surface area (Å²) in [6.45, 7) is 4.09. The van der Waals surface area contributed by atoms with Crippen molar-refractivity contribution in [1.82, 2.24) is 0 Å². The third-order valence-corrected chi connectivity index (χ3v) is 2.47. The molecule has 0 bridgehead atoms. The quantitative estimate of drug-likeness (QED) is 0.679. The van der Waals surface area contributed by atoms with Crippen LogP contribution in [0.15, 0.2) is 24.3 Å². The highest BCUT2D eigenvalue weighted by atomic mass is 35.5. The van der Waals surface area contributed by atoms with Crippen molar-refractivity contribution in [2.75, 3.05) is 0 Å². The highest BCUT2D eigenvalue weighted by Gasteiger charge is 2.19. The number of halogens is 1. The Kier molecular flexibility index (Phi) is 3.10. The standard InChI is InChI=1S/C11H13ClO/c1-11(2,7-8-13)9-3-5-10(12)6-4-9/h3-6,8H,7H2,1-2H3. The average molecular weight is 197 g/mol. The van der Waals surface area contributed by atoms with Crippen molar-refractivity contribution in [3.8, 4) is 0 Å². The fourth-order valence-electron chi connectivity index (χ4n) is 1.23. The van der Waals surface area contributed by atoms with Crippen molar-refractivity contribution >= 4 is 17.9 Å². The van der Waals surface area contributed by atoms with E-state index in [0.29, 0.717) is 6.42 Å². The first-order valence-electron chi connectivity index (χ1n) is 4.26. The van der Waals surface area contributed by atoms with E-state index in [0.717, 1.165) is 16.9 Å². The van der Waals surface area contributed by atoms with Crippen LogP contribution in [0.3, 0.4) is 0 Å². The van der Waals surface area contributed by atoms with Gasteiger partial charge in [-0.05, 0) is 23.1 Å². The van der Waals surface area contributed by atoms with Crippen molar-refractivity contribution < 1.29 is 4.79 Å². The molecule has 0 amide bonds. The van der Waals surface area contributed by atoms with Crippen LogP contribution < -0.4 is 0 Å². The Balaban J connectivity index is 2.93. The molecule has 0 spiro atoms. The summed E-state index contributed by atoms with van der Waals surface area (Å²) in [5.41, 5.74) is 1.05. The second-order valence-corrected chi connectivity index (χ2v) is 4.20. The maximum Gasteiger partial charge on any atom is 0.120 e. The molecule has 0 N–H and O–H groups in total. The van der Waals surface area contributed by atoms with Crippen LogP contribution in [0.4, 0.5) is 0 Å². The molecule has 0 aromatic heterocycles. The summed E-state index contributed by atoms with van der Waals surface area (Å²) < 4.78 is 0. The zero-order valence-electron chi connectivity index (χ0n) is 7.88. The van der Waals surface area contributed by atoms with Crippen LogP contribution in [-0.4, -0.2) is 6.29 Å². The molecule has 0 aliphatic rings. The molecule has 0 aliphatic carbocycles. The van der Waals surface area contributed by atoms with Gasteiger partial charge in [-0.1, -0.05) is 37.6 Å². The minimum atomic E-state index is -0.0909. The van der Waals surface area contributed by atoms with Gasteiger partial charge in [0.05, 0.1) is 0 Å². The normalized spacial score (nSPS) is 11.3. The molecule has 0 aliphatic heterocycles. The largest absolute Gasteiger partial charge is 0.303 e. The van der Waals surface area contributed by atoms with Gasteiger partial charge in [0.25, 0.3) is 0 Å². The van der Waals surface area contributed by atoms with Crippen LogP contribution in [-0.2, 0) is 10.2 Å². The number of rotatable bonds is 3. The molecule has 0 saturated carbocycles. The highest BCUT2D eigenvalue weighted by Crippen LogP contribution is 2.26. The smallest absolute Gasteiger partial charge is 0.120 e. The third-order valence-electron chi connectivity index (χ3n) is 2.22. The molecule has 0 saturated heterocycles. The molecule has 0 atom stereocenters. The minimum Gasteiger partial charge on any atom is -0.303 e. The second-order valence-electron chi connectivity index (χ2n) is 3.76. The molecule has 13 heavy (non-hydrogen) atoms. The minimum absolute atomic E-state index is 0.0909. The summed E-state index contributed by atoms with van der Waals surface area (Å²) in [4.78, 5) is 10.4. The maximum atomic E-state index is 10.4. The van der Waals surface area contributed by atoms with Gasteiger partial charge in [0.15, 0.2) is 0 Å². The van der Waals surface area contributed by atoms with E-state index in [1.807, 2.05) is 38.1 Å². The lowest BCUT2D eigenvalue weighted by Gasteiger charge is -2.22. The van der Waals surface area contributed by atoms with E-state index in [1.165, 1.54) is 0 Å². The van der Waals surface area contributed by atoms with Gasteiger partial charge in [-0.2, -0.15) is 0 Å². The van der Waals surface area contributed by atoms with Gasteiger partial charge >= 0.3 is 0 Å². The van der Waals surface area contributed by atoms with Gasteiger partial charge in [-0.25, -0.2) is 0 Å². The Morgan fingerprint density at radius 3 is 2.31 bits per heavy atom. The molecule has 0 heterocycles. The molecule has 70 valence electrons. The number of aldehydes is 1. The summed E-state index contributed by atoms with van der Waals surface area (Å²) >= 11 is 5.77. The first-order valence-corrected chi connectivity index (χ1v) is 4.64. The Morgan fingerprint density at radius 2 is 1.85 bits per heavy atom. The summed E-state index contributed by atoms with van der Waals surface area (Å²) in [6, 6.07) is 7.63. The predicted molar refractivity (Wildman–Crippen MR) is 55.2 cm³/mol. The summed E-state index contributed by atoms with van der Waals surface area (Å²) in [5.74, 6) is 0. The van der Waals surface area contributed by atoms with E-state index in [4.69, 9.17) is 11.6 Å². The second kappa shape index (κ2) is 3.93. The molecule has 0 fully saturated rings. The Hall–Kier alpha value is -0.820. The van der Waals surface area contributed by atoms with Crippen LogP contribution in [0.5, 0.6) is 0 Å². The fraction of sp³-hybridized carbons (Fsp3) is 0.364. The van der Waals surface area contributed by atoms with Crippen molar-refractivity contribution in [3.05, 3.63) is 34.9 Å². The number of carbonyl (C=O) groups is 1. The van der Waals surface area contributed by atoms with Gasteiger partial charge < -0.3 is 4.79 Å². The van der Waals surface area contributed by atoms with E-state index >= 15 is 0 Å². The molecule has 0 unspecified atom stereocenters. The average Bonchev–Trinajstić information content (AvgIpc) is 2.05. The predicted octanol–water partition coefficient (Wildman–Crippen LogP) is 3.21. The number of hydrogen-bond donors (Lipinski definition) is 0. The van der Waals surface area contributed by atoms with E-state index in [-0.39, 0.29) is 5.41 Å². The monoisotopic (exact) mass is 196 g/mol. The Labute approximate surface area is 83.7 Å². The lowest BCUT2D eigenvalue weighted by Crippen LogP contribution is -2.17. The molecule has 1 aromatic rings. The van der Waals surface area contributed by atoms with Gasteiger partial charge in [-0.3, -0.25) is 0 Å². The van der Waals surface area contributed by atoms with Gasteiger partial charge in [0.2, 0.25) is 0 Å². The van der Waals surface area contributed by atoms with Crippen molar-refractivity contribution in [1.29, 1.82) is 0 Å². The van der Waals surface area contributed by atoms with Crippen molar-refractivity contribution in [2.45, 2.75) is 25.7 Å². The van der Waals surface area contributed by atoms with Crippen LogP contribution in [0, 0.1) is 0 Å². The van der Waals surface area contributed by atoms with Crippen LogP contribution in [0.1, 0.15) is 25.8 Å². The van der Waals surface area contributed by atoms with Gasteiger partial charge in [0, 0.05) is 11.4 Å². The fourth-order valence-corrected chi connectivity index (χ4v) is 1.35. The zero-order valence-corrected chi connectivity index (χ0v) is 8.64. The van der Waals surface area contributed by atoms with E-state index in [1.54, 1.807) is 0 Å². The molecule has 2 heteroatoms. The number of carbonyl (C=O) groups excluding carboxylic acids is 1. The van der Waals surface area contributed by atoms with Crippen molar-refractivity contribution in [2.24, 2.45) is 0 Å². The molecule has 1 nitrogen and oxygen atoms in total. The van der Waals surface area contributed by atoms with Crippen LogP contribution >= 0.6 is 11.6 Å². The molecule has 1 aromatic carbocycles. The van der Waals surface area contributed by atoms with E-state index in [2.05, 4.69) is 0 Å². The SMILES string of the molecule is CC(C)(CC=O)c1ccc(Cl)cc1. The topological polar surface area (TPSA) is 17.1 Å².